The third kappa shape index (κ3) is 4.68. The van der Waals surface area contributed by atoms with Gasteiger partial charge in [-0.1, -0.05) is 13.8 Å². The van der Waals surface area contributed by atoms with Crippen molar-refractivity contribution < 1.29 is 4.42 Å². The second-order valence-electron chi connectivity index (χ2n) is 5.49. The van der Waals surface area contributed by atoms with Crippen LogP contribution in [0.1, 0.15) is 26.0 Å². The van der Waals surface area contributed by atoms with Crippen LogP contribution in [0.4, 0.5) is 0 Å². The zero-order valence-electron chi connectivity index (χ0n) is 12.6. The summed E-state index contributed by atoms with van der Waals surface area (Å²) in [6.45, 7) is 7.73. The number of piperidine rings is 1. The summed E-state index contributed by atoms with van der Waals surface area (Å²) in [5.41, 5.74) is 0. The lowest BCUT2D eigenvalue weighted by molar-refractivity contribution is 0.200. The second kappa shape index (κ2) is 8.54. The van der Waals surface area contributed by atoms with E-state index in [9.17, 15) is 0 Å². The van der Waals surface area contributed by atoms with Gasteiger partial charge >= 0.3 is 0 Å². The van der Waals surface area contributed by atoms with Crippen LogP contribution in [0.2, 0.25) is 0 Å². The molecule has 1 aliphatic rings. The molecular formula is C15H26IN3O. The summed E-state index contributed by atoms with van der Waals surface area (Å²) in [6, 6.07) is 3.94. The van der Waals surface area contributed by atoms with Crippen molar-refractivity contribution in [2.24, 2.45) is 16.8 Å². The van der Waals surface area contributed by atoms with Crippen molar-refractivity contribution in [3.63, 3.8) is 0 Å². The Kier molecular flexibility index (Phi) is 7.40. The number of furan rings is 1. The lowest BCUT2D eigenvalue weighted by Gasteiger charge is -2.37. The minimum atomic E-state index is 0. The highest BCUT2D eigenvalue weighted by Crippen LogP contribution is 2.22. The van der Waals surface area contributed by atoms with Crippen molar-refractivity contribution in [2.75, 3.05) is 26.7 Å². The highest BCUT2D eigenvalue weighted by molar-refractivity contribution is 14.0. The molecule has 5 heteroatoms. The standard InChI is InChI=1S/C15H25N3O.HI/c1-12-7-9-18(11-13(12)2)15(16-3)17-8-6-14-5-4-10-19-14;/h4-5,10,12-13H,6-9,11H2,1-3H3,(H,16,17);1H. The van der Waals surface area contributed by atoms with E-state index in [1.54, 1.807) is 6.26 Å². The van der Waals surface area contributed by atoms with Crippen LogP contribution in [0.25, 0.3) is 0 Å². The van der Waals surface area contributed by atoms with Crippen molar-refractivity contribution >= 4 is 29.9 Å². The van der Waals surface area contributed by atoms with Crippen molar-refractivity contribution in [2.45, 2.75) is 26.7 Å². The third-order valence-corrected chi connectivity index (χ3v) is 4.08. The Morgan fingerprint density at radius 1 is 1.45 bits per heavy atom. The van der Waals surface area contributed by atoms with Gasteiger partial charge in [0, 0.05) is 33.1 Å². The van der Waals surface area contributed by atoms with Gasteiger partial charge in [0.15, 0.2) is 5.96 Å². The van der Waals surface area contributed by atoms with Crippen LogP contribution in [0.5, 0.6) is 0 Å². The fourth-order valence-electron chi connectivity index (χ4n) is 2.54. The van der Waals surface area contributed by atoms with E-state index in [-0.39, 0.29) is 24.0 Å². The van der Waals surface area contributed by atoms with E-state index in [1.807, 2.05) is 19.2 Å². The molecule has 2 rings (SSSR count). The number of halogens is 1. The van der Waals surface area contributed by atoms with Crippen molar-refractivity contribution in [3.05, 3.63) is 24.2 Å². The van der Waals surface area contributed by atoms with Gasteiger partial charge in [-0.2, -0.15) is 0 Å². The van der Waals surface area contributed by atoms with Gasteiger partial charge in [0.1, 0.15) is 5.76 Å². The van der Waals surface area contributed by atoms with Crippen LogP contribution < -0.4 is 5.32 Å². The maximum absolute atomic E-state index is 5.33. The number of hydrogen-bond donors (Lipinski definition) is 1. The molecule has 2 atom stereocenters. The SMILES string of the molecule is CN=C(NCCc1ccco1)N1CCC(C)C(C)C1.I. The van der Waals surface area contributed by atoms with Crippen LogP contribution in [0, 0.1) is 11.8 Å². The Hall–Kier alpha value is -0.720. The molecule has 0 amide bonds. The molecule has 0 aromatic carbocycles. The minimum absolute atomic E-state index is 0. The van der Waals surface area contributed by atoms with Crippen LogP contribution in [0.15, 0.2) is 27.8 Å². The largest absolute Gasteiger partial charge is 0.469 e. The molecule has 2 heterocycles. The van der Waals surface area contributed by atoms with E-state index in [4.69, 9.17) is 4.42 Å². The van der Waals surface area contributed by atoms with Crippen molar-refractivity contribution in [3.8, 4) is 0 Å². The normalized spacial score (nSPS) is 23.4. The molecule has 0 saturated carbocycles. The molecule has 1 N–H and O–H groups in total. The Balaban J connectivity index is 0.00000200. The molecule has 20 heavy (non-hydrogen) atoms. The van der Waals surface area contributed by atoms with Crippen LogP contribution >= 0.6 is 24.0 Å². The summed E-state index contributed by atoms with van der Waals surface area (Å²) in [5.74, 6) is 3.59. The lowest BCUT2D eigenvalue weighted by Crippen LogP contribution is -2.48. The zero-order valence-corrected chi connectivity index (χ0v) is 15.0. The fraction of sp³-hybridized carbons (Fsp3) is 0.667. The van der Waals surface area contributed by atoms with E-state index in [0.717, 1.165) is 49.6 Å². The van der Waals surface area contributed by atoms with Crippen LogP contribution in [-0.4, -0.2) is 37.5 Å². The van der Waals surface area contributed by atoms with Gasteiger partial charge in [-0.25, -0.2) is 0 Å². The Morgan fingerprint density at radius 2 is 2.25 bits per heavy atom. The fourth-order valence-corrected chi connectivity index (χ4v) is 2.54. The molecule has 1 fully saturated rings. The van der Waals surface area contributed by atoms with Gasteiger partial charge in [-0.15, -0.1) is 24.0 Å². The zero-order chi connectivity index (χ0) is 13.7. The van der Waals surface area contributed by atoms with Gasteiger partial charge in [-0.3, -0.25) is 4.99 Å². The molecule has 0 aliphatic carbocycles. The first-order chi connectivity index (χ1) is 9.20. The van der Waals surface area contributed by atoms with Gasteiger partial charge in [-0.05, 0) is 30.4 Å². The molecule has 1 aromatic heterocycles. The molecule has 0 spiro atoms. The minimum Gasteiger partial charge on any atom is -0.469 e. The number of nitrogens with zero attached hydrogens (tertiary/aromatic N) is 2. The molecule has 4 nitrogen and oxygen atoms in total. The molecule has 114 valence electrons. The predicted octanol–water partition coefficient (Wildman–Crippen LogP) is 2.99. The summed E-state index contributed by atoms with van der Waals surface area (Å²) in [4.78, 5) is 6.76. The summed E-state index contributed by atoms with van der Waals surface area (Å²) in [7, 11) is 1.86. The number of aliphatic imine (C=N–C) groups is 1. The van der Waals surface area contributed by atoms with Crippen molar-refractivity contribution in [1.82, 2.24) is 10.2 Å². The number of rotatable bonds is 3. The van der Waals surface area contributed by atoms with Crippen LogP contribution in [0.3, 0.4) is 0 Å². The Labute approximate surface area is 139 Å². The Bertz CT molecular complexity index is 405. The third-order valence-electron chi connectivity index (χ3n) is 4.08. The van der Waals surface area contributed by atoms with E-state index in [1.165, 1.54) is 6.42 Å². The van der Waals surface area contributed by atoms with Crippen LogP contribution in [-0.2, 0) is 6.42 Å². The van der Waals surface area contributed by atoms with Crippen molar-refractivity contribution in [1.29, 1.82) is 0 Å². The summed E-state index contributed by atoms with van der Waals surface area (Å²) in [5, 5.41) is 3.43. The first-order valence-corrected chi connectivity index (χ1v) is 7.18. The maximum Gasteiger partial charge on any atom is 0.193 e. The van der Waals surface area contributed by atoms with E-state index in [0.29, 0.717) is 0 Å². The average Bonchev–Trinajstić information content (AvgIpc) is 2.91. The van der Waals surface area contributed by atoms with Gasteiger partial charge in [0.25, 0.3) is 0 Å². The molecule has 1 aliphatic heterocycles. The summed E-state index contributed by atoms with van der Waals surface area (Å²) in [6.07, 6.45) is 3.86. The molecule has 1 aromatic rings. The van der Waals surface area contributed by atoms with Gasteiger partial charge in [0.05, 0.1) is 6.26 Å². The predicted molar refractivity (Wildman–Crippen MR) is 93.7 cm³/mol. The maximum atomic E-state index is 5.33. The van der Waals surface area contributed by atoms with E-state index >= 15 is 0 Å². The molecule has 0 bridgehead atoms. The van der Waals surface area contributed by atoms with E-state index in [2.05, 4.69) is 29.1 Å². The Morgan fingerprint density at radius 3 is 2.85 bits per heavy atom. The quantitative estimate of drug-likeness (QED) is 0.489. The summed E-state index contributed by atoms with van der Waals surface area (Å²) >= 11 is 0. The number of guanidine groups is 1. The smallest absolute Gasteiger partial charge is 0.193 e. The highest BCUT2D eigenvalue weighted by atomic mass is 127. The number of likely N-dealkylation sites (tertiary alicyclic amines) is 1. The van der Waals surface area contributed by atoms with E-state index < -0.39 is 0 Å². The lowest BCUT2D eigenvalue weighted by atomic mass is 9.89. The van der Waals surface area contributed by atoms with Gasteiger partial charge < -0.3 is 14.6 Å². The molecule has 1 saturated heterocycles. The van der Waals surface area contributed by atoms with Gasteiger partial charge in [0.2, 0.25) is 0 Å². The molecule has 0 radical (unpaired) electrons. The monoisotopic (exact) mass is 391 g/mol. The topological polar surface area (TPSA) is 40.8 Å². The molecular weight excluding hydrogens is 365 g/mol. The highest BCUT2D eigenvalue weighted by Gasteiger charge is 2.24. The summed E-state index contributed by atoms with van der Waals surface area (Å²) < 4.78 is 5.33. The molecule has 2 unspecified atom stereocenters. The average molecular weight is 391 g/mol. The second-order valence-corrected chi connectivity index (χ2v) is 5.49. The number of hydrogen-bond acceptors (Lipinski definition) is 2. The number of nitrogens with one attached hydrogen (secondary N) is 1. The first-order valence-electron chi connectivity index (χ1n) is 7.18. The first kappa shape index (κ1) is 17.3.